The van der Waals surface area contributed by atoms with Crippen molar-refractivity contribution < 1.29 is 14.0 Å². The summed E-state index contributed by atoms with van der Waals surface area (Å²) in [6.45, 7) is 6.04. The van der Waals surface area contributed by atoms with Crippen LogP contribution >= 0.6 is 0 Å². The van der Waals surface area contributed by atoms with E-state index in [1.165, 1.54) is 5.01 Å². The summed E-state index contributed by atoms with van der Waals surface area (Å²) in [6, 6.07) is 23.0. The van der Waals surface area contributed by atoms with E-state index in [-0.39, 0.29) is 24.0 Å². The van der Waals surface area contributed by atoms with Crippen molar-refractivity contribution in [3.63, 3.8) is 0 Å². The summed E-state index contributed by atoms with van der Waals surface area (Å²) >= 11 is 0. The third kappa shape index (κ3) is 3.43. The molecule has 5 heteroatoms. The zero-order chi connectivity index (χ0) is 23.9. The summed E-state index contributed by atoms with van der Waals surface area (Å²) in [5, 5.41) is 6.26. The molecule has 3 atom stereocenters. The predicted molar refractivity (Wildman–Crippen MR) is 133 cm³/mol. The van der Waals surface area contributed by atoms with Gasteiger partial charge in [0.15, 0.2) is 11.2 Å². The molecule has 3 aromatic rings. The lowest BCUT2D eigenvalue weighted by atomic mass is 9.64. The molecule has 1 aromatic heterocycles. The van der Waals surface area contributed by atoms with Crippen molar-refractivity contribution in [2.24, 2.45) is 21.8 Å². The normalized spacial score (nSPS) is 25.0. The van der Waals surface area contributed by atoms with Crippen molar-refractivity contribution in [3.05, 3.63) is 96.5 Å². The van der Waals surface area contributed by atoms with Gasteiger partial charge in [0.25, 0.3) is 5.91 Å². The van der Waals surface area contributed by atoms with Gasteiger partial charge in [-0.2, -0.15) is 10.1 Å². The van der Waals surface area contributed by atoms with Gasteiger partial charge >= 0.3 is 0 Å². The van der Waals surface area contributed by atoms with Gasteiger partial charge in [-0.15, -0.1) is 0 Å². The Labute approximate surface area is 199 Å². The first kappa shape index (κ1) is 22.1. The van der Waals surface area contributed by atoms with Crippen LogP contribution in [0.5, 0.6) is 0 Å². The van der Waals surface area contributed by atoms with Gasteiger partial charge in [0.05, 0.1) is 17.7 Å². The molecule has 1 aliphatic heterocycles. The molecule has 2 aliphatic rings. The number of anilines is 1. The lowest BCUT2D eigenvalue weighted by molar-refractivity contribution is -0.134. The number of carbonyl (C=O) groups excluding carboxylic acids is 2. The highest BCUT2D eigenvalue weighted by Crippen LogP contribution is 2.57. The molecule has 1 spiro atoms. The molecule has 0 radical (unpaired) electrons. The fourth-order valence-corrected chi connectivity index (χ4v) is 5.34. The second-order valence-electron chi connectivity index (χ2n) is 10.0. The molecule has 0 bridgehead atoms. The van der Waals surface area contributed by atoms with Crippen LogP contribution in [0.1, 0.15) is 44.4 Å². The maximum atomic E-state index is 14.3. The molecular weight excluding hydrogens is 424 g/mol. The van der Waals surface area contributed by atoms with Gasteiger partial charge in [-0.3, -0.25) is 9.59 Å². The van der Waals surface area contributed by atoms with Gasteiger partial charge < -0.3 is 4.42 Å². The number of hydrogen-bond donors (Lipinski definition) is 0. The molecule has 0 N–H and O–H groups in total. The van der Waals surface area contributed by atoms with Gasteiger partial charge in [-0.05, 0) is 29.8 Å². The number of benzene rings is 2. The second-order valence-corrected chi connectivity index (χ2v) is 10.0. The predicted octanol–water partition coefficient (Wildman–Crippen LogP) is 6.10. The third-order valence-corrected chi connectivity index (χ3v) is 6.80. The van der Waals surface area contributed by atoms with E-state index in [1.807, 2.05) is 106 Å². The van der Waals surface area contributed by atoms with E-state index in [2.05, 4.69) is 0 Å². The summed E-state index contributed by atoms with van der Waals surface area (Å²) < 4.78 is 5.77. The largest absolute Gasteiger partial charge is 0.469 e. The Morgan fingerprint density at radius 3 is 2.26 bits per heavy atom. The minimum Gasteiger partial charge on any atom is -0.469 e. The molecule has 172 valence electrons. The second kappa shape index (κ2) is 8.24. The highest BCUT2D eigenvalue weighted by Gasteiger charge is 2.68. The molecule has 2 aromatic carbocycles. The summed E-state index contributed by atoms with van der Waals surface area (Å²) in [4.78, 5) is 28.2. The van der Waals surface area contributed by atoms with Crippen LogP contribution in [0.2, 0.25) is 0 Å². The number of hydrazone groups is 1. The molecule has 1 saturated carbocycles. The van der Waals surface area contributed by atoms with Crippen molar-refractivity contribution in [2.45, 2.75) is 33.1 Å². The molecule has 34 heavy (non-hydrogen) atoms. The monoisotopic (exact) mass is 452 g/mol. The van der Waals surface area contributed by atoms with Crippen molar-refractivity contribution in [1.29, 1.82) is 0 Å². The Morgan fingerprint density at radius 2 is 1.65 bits per heavy atom. The average Bonchev–Trinajstić information content (AvgIpc) is 3.53. The SMILES string of the molecule is CC(C)(C)C1=NN(c2ccccc2)C(=O)[C@]12C(=O)C[C@H](c1ccco1)[C@H]2/C=C/c1ccccc1. The summed E-state index contributed by atoms with van der Waals surface area (Å²) in [6.07, 6.45) is 5.86. The molecule has 0 unspecified atom stereocenters. The number of Topliss-reactive ketones (excluding diaryl/α,β-unsaturated/α-hetero) is 1. The first-order valence-corrected chi connectivity index (χ1v) is 11.6. The molecular formula is C29H28N2O3. The van der Waals surface area contributed by atoms with Crippen molar-refractivity contribution in [1.82, 2.24) is 0 Å². The van der Waals surface area contributed by atoms with Crippen molar-refractivity contribution >= 4 is 29.2 Å². The standard InChI is InChI=1S/C29H28N2O3/c1-28(2,3)26-29(27(33)31(30-26)21-13-8-5-9-14-21)23(17-16-20-11-6-4-7-12-20)22(19-25(29)32)24-15-10-18-34-24/h4-18,22-23H,19H2,1-3H3/b17-16+/t22-,23+,29+/m0/s1. The average molecular weight is 453 g/mol. The van der Waals surface area contributed by atoms with Crippen LogP contribution in [-0.4, -0.2) is 17.4 Å². The fourth-order valence-electron chi connectivity index (χ4n) is 5.34. The minimum absolute atomic E-state index is 0.103. The number of hydrogen-bond acceptors (Lipinski definition) is 4. The molecule has 2 heterocycles. The maximum absolute atomic E-state index is 14.3. The number of rotatable bonds is 4. The highest BCUT2D eigenvalue weighted by atomic mass is 16.3. The third-order valence-electron chi connectivity index (χ3n) is 6.80. The van der Waals surface area contributed by atoms with Crippen LogP contribution in [0, 0.1) is 16.7 Å². The van der Waals surface area contributed by atoms with Gasteiger partial charge in [-0.1, -0.05) is 81.5 Å². The Balaban J connectivity index is 1.69. The first-order chi connectivity index (χ1) is 16.3. The van der Waals surface area contributed by atoms with Crippen LogP contribution < -0.4 is 5.01 Å². The smallest absolute Gasteiger partial charge is 0.267 e. The molecule has 5 nitrogen and oxygen atoms in total. The van der Waals surface area contributed by atoms with Gasteiger partial charge in [0, 0.05) is 23.7 Å². The zero-order valence-electron chi connectivity index (χ0n) is 19.6. The molecule has 1 fully saturated rings. The molecule has 5 rings (SSSR count). The highest BCUT2D eigenvalue weighted by molar-refractivity contribution is 6.34. The Bertz CT molecular complexity index is 1250. The lowest BCUT2D eigenvalue weighted by Crippen LogP contribution is -2.51. The number of carbonyl (C=O) groups is 2. The lowest BCUT2D eigenvalue weighted by Gasteiger charge is -2.34. The van der Waals surface area contributed by atoms with E-state index >= 15 is 0 Å². The quantitative estimate of drug-likeness (QED) is 0.449. The van der Waals surface area contributed by atoms with E-state index in [1.54, 1.807) is 6.26 Å². The molecule has 1 aliphatic carbocycles. The number of para-hydroxylation sites is 1. The van der Waals surface area contributed by atoms with Crippen LogP contribution in [0.25, 0.3) is 6.08 Å². The van der Waals surface area contributed by atoms with E-state index in [9.17, 15) is 9.59 Å². The van der Waals surface area contributed by atoms with Gasteiger partial charge in [0.2, 0.25) is 0 Å². The Hall–Kier alpha value is -3.73. The zero-order valence-corrected chi connectivity index (χ0v) is 19.6. The Kier molecular flexibility index (Phi) is 5.35. The number of ketones is 1. The van der Waals surface area contributed by atoms with Crippen LogP contribution in [0.15, 0.2) is 94.7 Å². The van der Waals surface area contributed by atoms with Crippen LogP contribution in [0.4, 0.5) is 5.69 Å². The fraction of sp³-hybridized carbons (Fsp3) is 0.276. The number of amides is 1. The number of allylic oxidation sites excluding steroid dienone is 1. The first-order valence-electron chi connectivity index (χ1n) is 11.6. The number of furan rings is 1. The Morgan fingerprint density at radius 1 is 0.971 bits per heavy atom. The van der Waals surface area contributed by atoms with E-state index in [0.29, 0.717) is 17.2 Å². The summed E-state index contributed by atoms with van der Waals surface area (Å²) in [5.41, 5.74) is 0.402. The summed E-state index contributed by atoms with van der Waals surface area (Å²) in [7, 11) is 0. The topological polar surface area (TPSA) is 62.9 Å². The summed E-state index contributed by atoms with van der Waals surface area (Å²) in [5.74, 6) is -0.355. The van der Waals surface area contributed by atoms with Crippen molar-refractivity contribution in [2.75, 3.05) is 5.01 Å². The molecule has 1 amide bonds. The molecule has 0 saturated heterocycles. The van der Waals surface area contributed by atoms with Gasteiger partial charge in [0.1, 0.15) is 5.76 Å². The maximum Gasteiger partial charge on any atom is 0.267 e. The van der Waals surface area contributed by atoms with Gasteiger partial charge in [-0.25, -0.2) is 0 Å². The van der Waals surface area contributed by atoms with E-state index in [4.69, 9.17) is 9.52 Å². The van der Waals surface area contributed by atoms with E-state index < -0.39 is 16.7 Å². The number of nitrogens with zero attached hydrogens (tertiary/aromatic N) is 2. The minimum atomic E-state index is -1.38. The van der Waals surface area contributed by atoms with E-state index in [0.717, 1.165) is 5.56 Å². The van der Waals surface area contributed by atoms with Crippen LogP contribution in [-0.2, 0) is 9.59 Å². The van der Waals surface area contributed by atoms with Crippen molar-refractivity contribution in [3.8, 4) is 0 Å². The van der Waals surface area contributed by atoms with Crippen LogP contribution in [0.3, 0.4) is 0 Å².